The number of carbonyl (C=O) groups is 1. The van der Waals surface area contributed by atoms with E-state index in [4.69, 9.17) is 4.74 Å². The van der Waals surface area contributed by atoms with Crippen LogP contribution in [-0.2, 0) is 0 Å². The molecule has 1 saturated heterocycles. The molecule has 24 heavy (non-hydrogen) atoms. The lowest BCUT2D eigenvalue weighted by Gasteiger charge is -2.35. The molecule has 2 amide bonds. The number of amides is 2. The Bertz CT molecular complexity index is 655. The van der Waals surface area contributed by atoms with E-state index < -0.39 is 0 Å². The zero-order valence-electron chi connectivity index (χ0n) is 14.1. The first-order valence-corrected chi connectivity index (χ1v) is 8.67. The van der Waals surface area contributed by atoms with Gasteiger partial charge in [0.2, 0.25) is 0 Å². The van der Waals surface area contributed by atoms with E-state index in [1.807, 2.05) is 59.5 Å². The van der Waals surface area contributed by atoms with Crippen molar-refractivity contribution < 1.29 is 9.53 Å². The van der Waals surface area contributed by atoms with Gasteiger partial charge in [-0.25, -0.2) is 4.79 Å². The Hall–Kier alpha value is -2.49. The summed E-state index contributed by atoms with van der Waals surface area (Å²) in [5.74, 6) is 1.55. The number of urea groups is 1. The smallest absolute Gasteiger partial charge is 0.322 e. The van der Waals surface area contributed by atoms with Crippen LogP contribution in [0.4, 0.5) is 10.5 Å². The van der Waals surface area contributed by atoms with E-state index in [1.54, 1.807) is 0 Å². The van der Waals surface area contributed by atoms with E-state index in [2.05, 4.69) is 12.2 Å². The first-order valence-electron chi connectivity index (χ1n) is 8.67. The molecular formula is C20H24N2O2. The largest absolute Gasteiger partial charge is 0.457 e. The second-order valence-electron chi connectivity index (χ2n) is 6.12. The van der Waals surface area contributed by atoms with Crippen LogP contribution in [0, 0.1) is 0 Å². The highest BCUT2D eigenvalue weighted by molar-refractivity contribution is 5.89. The summed E-state index contributed by atoms with van der Waals surface area (Å²) in [4.78, 5) is 14.5. The third-order valence-electron chi connectivity index (χ3n) is 4.44. The van der Waals surface area contributed by atoms with Crippen molar-refractivity contribution in [3.05, 3.63) is 54.6 Å². The zero-order valence-corrected chi connectivity index (χ0v) is 14.1. The van der Waals surface area contributed by atoms with E-state index in [9.17, 15) is 4.79 Å². The number of hydrogen-bond acceptors (Lipinski definition) is 2. The van der Waals surface area contributed by atoms with Crippen molar-refractivity contribution in [3.63, 3.8) is 0 Å². The lowest BCUT2D eigenvalue weighted by atomic mass is 10.0. The normalized spacial score (nSPS) is 17.4. The van der Waals surface area contributed by atoms with Crippen molar-refractivity contribution in [2.24, 2.45) is 0 Å². The monoisotopic (exact) mass is 324 g/mol. The fourth-order valence-corrected chi connectivity index (χ4v) is 3.12. The molecule has 1 aliphatic heterocycles. The molecular weight excluding hydrogens is 300 g/mol. The van der Waals surface area contributed by atoms with Gasteiger partial charge in [-0.15, -0.1) is 0 Å². The van der Waals surface area contributed by atoms with Crippen molar-refractivity contribution in [2.75, 3.05) is 11.9 Å². The van der Waals surface area contributed by atoms with Gasteiger partial charge in [0.25, 0.3) is 0 Å². The lowest BCUT2D eigenvalue weighted by molar-refractivity contribution is 0.160. The highest BCUT2D eigenvalue weighted by atomic mass is 16.5. The van der Waals surface area contributed by atoms with Gasteiger partial charge in [-0.2, -0.15) is 0 Å². The third kappa shape index (κ3) is 4.07. The van der Waals surface area contributed by atoms with Gasteiger partial charge in [-0.1, -0.05) is 25.1 Å². The van der Waals surface area contributed by atoms with Crippen molar-refractivity contribution in [2.45, 2.75) is 38.6 Å². The predicted octanol–water partition coefficient (Wildman–Crippen LogP) is 5.28. The van der Waals surface area contributed by atoms with Crippen molar-refractivity contribution in [3.8, 4) is 11.5 Å². The molecule has 1 atom stereocenters. The van der Waals surface area contributed by atoms with Crippen LogP contribution in [0.3, 0.4) is 0 Å². The second kappa shape index (κ2) is 7.86. The molecule has 3 rings (SSSR count). The van der Waals surface area contributed by atoms with E-state index in [0.717, 1.165) is 43.0 Å². The van der Waals surface area contributed by atoms with E-state index in [1.165, 1.54) is 6.42 Å². The Kier molecular flexibility index (Phi) is 5.36. The molecule has 4 nitrogen and oxygen atoms in total. The van der Waals surface area contributed by atoms with Crippen LogP contribution < -0.4 is 10.1 Å². The van der Waals surface area contributed by atoms with Gasteiger partial charge in [-0.3, -0.25) is 0 Å². The van der Waals surface area contributed by atoms with Gasteiger partial charge < -0.3 is 15.0 Å². The number of anilines is 1. The van der Waals surface area contributed by atoms with Gasteiger partial charge in [0.05, 0.1) is 0 Å². The minimum Gasteiger partial charge on any atom is -0.457 e. The number of likely N-dealkylation sites (tertiary alicyclic amines) is 1. The van der Waals surface area contributed by atoms with Crippen molar-refractivity contribution in [1.29, 1.82) is 0 Å². The third-order valence-corrected chi connectivity index (χ3v) is 4.44. The van der Waals surface area contributed by atoms with Crippen molar-refractivity contribution in [1.82, 2.24) is 4.90 Å². The van der Waals surface area contributed by atoms with Crippen LogP contribution >= 0.6 is 0 Å². The molecule has 126 valence electrons. The SMILES string of the molecule is CCC1CCCCN1C(=O)Nc1ccc(Oc2ccccc2)cc1. The molecule has 0 spiro atoms. The Morgan fingerprint density at radius 2 is 1.79 bits per heavy atom. The Labute approximate surface area is 143 Å². The molecule has 0 bridgehead atoms. The quantitative estimate of drug-likeness (QED) is 0.832. The lowest BCUT2D eigenvalue weighted by Crippen LogP contribution is -2.45. The minimum absolute atomic E-state index is 0.00159. The molecule has 2 aromatic rings. The zero-order chi connectivity index (χ0) is 16.8. The fraction of sp³-hybridized carbons (Fsp3) is 0.350. The summed E-state index contributed by atoms with van der Waals surface area (Å²) in [6, 6.07) is 17.5. The molecule has 1 N–H and O–H groups in total. The van der Waals surface area contributed by atoms with E-state index in [0.29, 0.717) is 6.04 Å². The van der Waals surface area contributed by atoms with Gasteiger partial charge in [-0.05, 0) is 62.1 Å². The maximum Gasteiger partial charge on any atom is 0.322 e. The number of piperidine rings is 1. The van der Waals surface area contributed by atoms with Crippen LogP contribution in [-0.4, -0.2) is 23.5 Å². The standard InChI is InChI=1S/C20H24N2O2/c1-2-17-8-6-7-15-22(17)20(23)21-16-11-13-19(14-12-16)24-18-9-4-3-5-10-18/h3-5,9-14,17H,2,6-8,15H2,1H3,(H,21,23). The molecule has 0 radical (unpaired) electrons. The van der Waals surface area contributed by atoms with Crippen LogP contribution in [0.25, 0.3) is 0 Å². The average Bonchev–Trinajstić information content (AvgIpc) is 2.64. The first kappa shape index (κ1) is 16.4. The van der Waals surface area contributed by atoms with E-state index in [-0.39, 0.29) is 6.03 Å². The summed E-state index contributed by atoms with van der Waals surface area (Å²) in [5, 5.41) is 3.00. The molecule has 0 aliphatic carbocycles. The Morgan fingerprint density at radius 3 is 2.50 bits per heavy atom. The summed E-state index contributed by atoms with van der Waals surface area (Å²) in [6.45, 7) is 2.99. The van der Waals surface area contributed by atoms with Crippen LogP contribution in [0.5, 0.6) is 11.5 Å². The fourth-order valence-electron chi connectivity index (χ4n) is 3.12. The minimum atomic E-state index is -0.00159. The number of nitrogens with zero attached hydrogens (tertiary/aromatic N) is 1. The number of nitrogens with one attached hydrogen (secondary N) is 1. The van der Waals surface area contributed by atoms with Crippen molar-refractivity contribution >= 4 is 11.7 Å². The van der Waals surface area contributed by atoms with E-state index >= 15 is 0 Å². The summed E-state index contributed by atoms with van der Waals surface area (Å²) in [5.41, 5.74) is 0.792. The number of hydrogen-bond donors (Lipinski definition) is 1. The number of ether oxygens (including phenoxy) is 1. The molecule has 1 heterocycles. The maximum atomic E-state index is 12.5. The van der Waals surface area contributed by atoms with Gasteiger partial charge >= 0.3 is 6.03 Å². The summed E-state index contributed by atoms with van der Waals surface area (Å²) in [6.07, 6.45) is 4.42. The summed E-state index contributed by atoms with van der Waals surface area (Å²) in [7, 11) is 0. The number of rotatable bonds is 4. The molecule has 1 aliphatic rings. The van der Waals surface area contributed by atoms with Gasteiger partial charge in [0, 0.05) is 18.3 Å². The first-order chi connectivity index (χ1) is 11.8. The van der Waals surface area contributed by atoms with Gasteiger partial charge in [0.1, 0.15) is 11.5 Å². The summed E-state index contributed by atoms with van der Waals surface area (Å²) >= 11 is 0. The highest BCUT2D eigenvalue weighted by Gasteiger charge is 2.25. The second-order valence-corrected chi connectivity index (χ2v) is 6.12. The molecule has 0 saturated carbocycles. The number of benzene rings is 2. The molecule has 1 fully saturated rings. The molecule has 4 heteroatoms. The molecule has 1 unspecified atom stereocenters. The van der Waals surface area contributed by atoms with Crippen LogP contribution in [0.2, 0.25) is 0 Å². The maximum absolute atomic E-state index is 12.5. The topological polar surface area (TPSA) is 41.6 Å². The Morgan fingerprint density at radius 1 is 1.08 bits per heavy atom. The molecule has 0 aromatic heterocycles. The van der Waals surface area contributed by atoms with Crippen LogP contribution in [0.15, 0.2) is 54.6 Å². The molecule has 2 aromatic carbocycles. The number of carbonyl (C=O) groups excluding carboxylic acids is 1. The highest BCUT2D eigenvalue weighted by Crippen LogP contribution is 2.24. The average molecular weight is 324 g/mol. The van der Waals surface area contributed by atoms with Crippen LogP contribution in [0.1, 0.15) is 32.6 Å². The Balaban J connectivity index is 1.60. The van der Waals surface area contributed by atoms with Gasteiger partial charge in [0.15, 0.2) is 0 Å². The predicted molar refractivity (Wildman–Crippen MR) is 96.6 cm³/mol. The summed E-state index contributed by atoms with van der Waals surface area (Å²) < 4.78 is 5.77. The number of para-hydroxylation sites is 1.